The molecule has 0 N–H and O–H groups in total. The zero-order chi connectivity index (χ0) is 16.1. The van der Waals surface area contributed by atoms with Gasteiger partial charge in [-0.25, -0.2) is 4.79 Å². The second-order valence-corrected chi connectivity index (χ2v) is 5.52. The average molecular weight is 304 g/mol. The van der Waals surface area contributed by atoms with E-state index < -0.39 is 0 Å². The first kappa shape index (κ1) is 20.1. The Kier molecular flexibility index (Phi) is 11.2. The maximum absolute atomic E-state index is 11.3. The zero-order valence-electron chi connectivity index (χ0n) is 13.9. The van der Waals surface area contributed by atoms with Gasteiger partial charge in [-0.3, -0.25) is 0 Å². The number of carbonyl (C=O) groups excluding carboxylic acids is 1. The molecule has 0 aliphatic rings. The van der Waals surface area contributed by atoms with E-state index in [0.29, 0.717) is 45.2 Å². The van der Waals surface area contributed by atoms with Crippen molar-refractivity contribution in [2.24, 2.45) is 0 Å². The molecule has 0 radical (unpaired) electrons. The van der Waals surface area contributed by atoms with Gasteiger partial charge in [0.05, 0.1) is 47.1 Å². The van der Waals surface area contributed by atoms with Gasteiger partial charge in [-0.1, -0.05) is 6.58 Å². The highest BCUT2D eigenvalue weighted by molar-refractivity contribution is 5.86. The Morgan fingerprint density at radius 1 is 0.952 bits per heavy atom. The van der Waals surface area contributed by atoms with Crippen LogP contribution in [0.25, 0.3) is 0 Å². The Hall–Kier alpha value is -0.950. The fourth-order valence-electron chi connectivity index (χ4n) is 1.40. The molecule has 0 fully saturated rings. The molecular weight excluding hydrogens is 274 g/mol. The minimum absolute atomic E-state index is 0.334. The quantitative estimate of drug-likeness (QED) is 0.219. The molecule has 0 atom stereocenters. The molecule has 124 valence electrons. The number of nitrogens with zero attached hydrogens (tertiary/aromatic N) is 1. The van der Waals surface area contributed by atoms with Gasteiger partial charge in [0.1, 0.15) is 19.7 Å². The molecule has 0 rings (SSSR count). The third-order valence-electron chi connectivity index (χ3n) is 2.92. The average Bonchev–Trinajstić information content (AvgIpc) is 2.41. The van der Waals surface area contributed by atoms with E-state index in [9.17, 15) is 4.79 Å². The Balaban J connectivity index is 3.55. The number of hydrogen-bond donors (Lipinski definition) is 0. The first-order valence-electron chi connectivity index (χ1n) is 7.18. The van der Waals surface area contributed by atoms with E-state index in [-0.39, 0.29) is 5.97 Å². The standard InChI is InChI=1S/C15H30NO5/c1-14(2)15(17)21-9-7-16(3,4)6-8-19-12-13-20-11-10-18-5/h1,6-13H2,2-5H3/q+1. The number of likely N-dealkylation sites (N-methyl/N-ethyl adjacent to an activating group) is 1. The van der Waals surface area contributed by atoms with Crippen LogP contribution in [0.4, 0.5) is 0 Å². The first-order chi connectivity index (χ1) is 9.89. The molecule has 0 aromatic rings. The summed E-state index contributed by atoms with van der Waals surface area (Å²) in [7, 11) is 5.80. The summed E-state index contributed by atoms with van der Waals surface area (Å²) >= 11 is 0. The molecule has 0 aliphatic heterocycles. The Labute approximate surface area is 128 Å². The first-order valence-corrected chi connectivity index (χ1v) is 7.18. The molecule has 0 saturated heterocycles. The van der Waals surface area contributed by atoms with Crippen molar-refractivity contribution in [1.82, 2.24) is 0 Å². The van der Waals surface area contributed by atoms with E-state index in [1.165, 1.54) is 0 Å². The van der Waals surface area contributed by atoms with E-state index >= 15 is 0 Å². The molecule has 0 heterocycles. The predicted molar refractivity (Wildman–Crippen MR) is 81.1 cm³/mol. The van der Waals surface area contributed by atoms with Crippen molar-refractivity contribution in [3.8, 4) is 0 Å². The minimum Gasteiger partial charge on any atom is -0.456 e. The molecular formula is C15H30NO5+. The number of ether oxygens (including phenoxy) is 4. The molecule has 0 aliphatic carbocycles. The number of rotatable bonds is 13. The Morgan fingerprint density at radius 2 is 1.48 bits per heavy atom. The van der Waals surface area contributed by atoms with Gasteiger partial charge < -0.3 is 23.4 Å². The lowest BCUT2D eigenvalue weighted by Gasteiger charge is -2.29. The van der Waals surface area contributed by atoms with Crippen LogP contribution in [0.5, 0.6) is 0 Å². The van der Waals surface area contributed by atoms with E-state index in [1.807, 2.05) is 0 Å². The van der Waals surface area contributed by atoms with Crippen molar-refractivity contribution in [3.05, 3.63) is 12.2 Å². The highest BCUT2D eigenvalue weighted by Gasteiger charge is 2.15. The van der Waals surface area contributed by atoms with Crippen molar-refractivity contribution < 1.29 is 28.2 Å². The number of hydrogen-bond acceptors (Lipinski definition) is 5. The molecule has 0 aromatic carbocycles. The van der Waals surface area contributed by atoms with Crippen molar-refractivity contribution in [2.75, 3.05) is 73.9 Å². The van der Waals surface area contributed by atoms with Crippen LogP contribution in [0.2, 0.25) is 0 Å². The van der Waals surface area contributed by atoms with Crippen LogP contribution in [0, 0.1) is 0 Å². The summed E-state index contributed by atoms with van der Waals surface area (Å²) in [6, 6.07) is 0. The molecule has 6 nitrogen and oxygen atoms in total. The third-order valence-corrected chi connectivity index (χ3v) is 2.92. The van der Waals surface area contributed by atoms with Crippen molar-refractivity contribution in [3.63, 3.8) is 0 Å². The topological polar surface area (TPSA) is 54.0 Å². The second kappa shape index (κ2) is 11.7. The second-order valence-electron chi connectivity index (χ2n) is 5.52. The molecule has 0 saturated carbocycles. The van der Waals surface area contributed by atoms with E-state index in [4.69, 9.17) is 18.9 Å². The molecule has 0 aromatic heterocycles. The van der Waals surface area contributed by atoms with Gasteiger partial charge in [0.25, 0.3) is 0 Å². The minimum atomic E-state index is -0.334. The number of esters is 1. The molecule has 0 unspecified atom stereocenters. The van der Waals surface area contributed by atoms with Crippen LogP contribution in [-0.4, -0.2) is 84.4 Å². The summed E-state index contributed by atoms with van der Waals surface area (Å²) in [5.41, 5.74) is 0.428. The van der Waals surface area contributed by atoms with Crippen LogP contribution in [0.1, 0.15) is 6.92 Å². The van der Waals surface area contributed by atoms with Gasteiger partial charge >= 0.3 is 5.97 Å². The lowest BCUT2D eigenvalue weighted by molar-refractivity contribution is -0.890. The number of methoxy groups -OCH3 is 1. The summed E-state index contributed by atoms with van der Waals surface area (Å²) in [4.78, 5) is 11.3. The summed E-state index contributed by atoms with van der Waals surface area (Å²) in [6.45, 7) is 10.2. The molecule has 6 heteroatoms. The summed E-state index contributed by atoms with van der Waals surface area (Å²) < 4.78 is 21.5. The smallest absolute Gasteiger partial charge is 0.333 e. The van der Waals surface area contributed by atoms with Crippen LogP contribution in [0.15, 0.2) is 12.2 Å². The van der Waals surface area contributed by atoms with Gasteiger partial charge in [-0.2, -0.15) is 0 Å². The molecule has 0 bridgehead atoms. The van der Waals surface area contributed by atoms with Gasteiger partial charge in [-0.15, -0.1) is 0 Å². The number of quaternary nitrogens is 1. The normalized spacial score (nSPS) is 11.4. The van der Waals surface area contributed by atoms with E-state index in [2.05, 4.69) is 20.7 Å². The fourth-order valence-corrected chi connectivity index (χ4v) is 1.40. The maximum atomic E-state index is 11.3. The van der Waals surface area contributed by atoms with Crippen LogP contribution in [0.3, 0.4) is 0 Å². The Morgan fingerprint density at radius 3 is 2.05 bits per heavy atom. The highest BCUT2D eigenvalue weighted by Crippen LogP contribution is 1.99. The fraction of sp³-hybridized carbons (Fsp3) is 0.800. The molecule has 0 amide bonds. The van der Waals surface area contributed by atoms with Crippen LogP contribution in [-0.2, 0) is 23.7 Å². The van der Waals surface area contributed by atoms with Gasteiger partial charge in [0.15, 0.2) is 0 Å². The lowest BCUT2D eigenvalue weighted by Crippen LogP contribution is -2.45. The highest BCUT2D eigenvalue weighted by atomic mass is 16.5. The largest absolute Gasteiger partial charge is 0.456 e. The Bertz CT molecular complexity index is 304. The maximum Gasteiger partial charge on any atom is 0.333 e. The summed E-state index contributed by atoms with van der Waals surface area (Å²) in [5, 5.41) is 0. The van der Waals surface area contributed by atoms with Crippen molar-refractivity contribution in [1.29, 1.82) is 0 Å². The monoisotopic (exact) mass is 304 g/mol. The molecule has 21 heavy (non-hydrogen) atoms. The predicted octanol–water partition coefficient (Wildman–Crippen LogP) is 0.862. The summed E-state index contributed by atoms with van der Waals surface area (Å²) in [6.07, 6.45) is 0. The van der Waals surface area contributed by atoms with Crippen molar-refractivity contribution in [2.45, 2.75) is 6.92 Å². The van der Waals surface area contributed by atoms with Gasteiger partial charge in [0, 0.05) is 12.7 Å². The SMILES string of the molecule is C=C(C)C(=O)OCC[N+](C)(C)CCOCCOCCOC. The number of carbonyl (C=O) groups is 1. The summed E-state index contributed by atoms with van der Waals surface area (Å²) in [5.74, 6) is -0.334. The van der Waals surface area contributed by atoms with Crippen molar-refractivity contribution >= 4 is 5.97 Å². The van der Waals surface area contributed by atoms with E-state index in [0.717, 1.165) is 17.6 Å². The molecule has 0 spiro atoms. The van der Waals surface area contributed by atoms with Gasteiger partial charge in [0.2, 0.25) is 0 Å². The van der Waals surface area contributed by atoms with Crippen LogP contribution >= 0.6 is 0 Å². The third kappa shape index (κ3) is 12.5. The van der Waals surface area contributed by atoms with Crippen LogP contribution < -0.4 is 0 Å². The zero-order valence-corrected chi connectivity index (χ0v) is 13.9. The van der Waals surface area contributed by atoms with E-state index in [1.54, 1.807) is 14.0 Å². The van der Waals surface area contributed by atoms with Gasteiger partial charge in [-0.05, 0) is 6.92 Å². The lowest BCUT2D eigenvalue weighted by atomic mass is 10.4.